The minimum atomic E-state index is -0.563. The Hall–Kier alpha value is -0.200. The van der Waals surface area contributed by atoms with Gasteiger partial charge in [-0.25, -0.2) is 8.78 Å². The predicted molar refractivity (Wildman–Crippen MR) is 85.5 cm³/mol. The molecule has 0 spiro atoms. The highest BCUT2D eigenvalue weighted by atomic mass is 127. The Bertz CT molecular complexity index is 584. The first kappa shape index (κ1) is 15.2. The van der Waals surface area contributed by atoms with Crippen molar-refractivity contribution in [2.45, 2.75) is 11.8 Å². The van der Waals surface area contributed by atoms with Crippen LogP contribution in [-0.4, -0.2) is 0 Å². The molecule has 1 unspecified atom stereocenters. The van der Waals surface area contributed by atoms with Crippen LogP contribution in [0.4, 0.5) is 8.78 Å². The molecule has 5 heteroatoms. The van der Waals surface area contributed by atoms with Crippen LogP contribution in [0.15, 0.2) is 40.9 Å². The molecule has 0 N–H and O–H groups in total. The topological polar surface area (TPSA) is 0 Å². The van der Waals surface area contributed by atoms with Crippen LogP contribution in [0.3, 0.4) is 0 Å². The molecule has 1 atom stereocenters. The summed E-state index contributed by atoms with van der Waals surface area (Å²) >= 11 is 11.9. The Morgan fingerprint density at radius 2 is 1.79 bits per heavy atom. The molecule has 0 amide bonds. The third-order valence-electron chi connectivity index (χ3n) is 2.74. The highest BCUT2D eigenvalue weighted by Crippen LogP contribution is 2.33. The lowest BCUT2D eigenvalue weighted by Gasteiger charge is -2.13. The lowest BCUT2D eigenvalue weighted by molar-refractivity contribution is 0.553. The molecular formula is C14H9BrClF2I. The largest absolute Gasteiger partial charge is 0.207 e. The van der Waals surface area contributed by atoms with Crippen molar-refractivity contribution in [2.75, 3.05) is 0 Å². The zero-order valence-electron chi connectivity index (χ0n) is 9.64. The summed E-state index contributed by atoms with van der Waals surface area (Å²) in [7, 11) is 0. The molecule has 0 aromatic heterocycles. The maximum absolute atomic E-state index is 13.6. The smallest absolute Gasteiger partial charge is 0.129 e. The second-order valence-electron chi connectivity index (χ2n) is 4.04. The Morgan fingerprint density at radius 3 is 2.42 bits per heavy atom. The first-order valence-electron chi connectivity index (χ1n) is 5.51. The van der Waals surface area contributed by atoms with Crippen molar-refractivity contribution in [1.82, 2.24) is 0 Å². The van der Waals surface area contributed by atoms with Crippen molar-refractivity contribution >= 4 is 50.1 Å². The van der Waals surface area contributed by atoms with Gasteiger partial charge in [0.2, 0.25) is 0 Å². The number of hydrogen-bond acceptors (Lipinski definition) is 0. The molecule has 0 aliphatic carbocycles. The lowest BCUT2D eigenvalue weighted by atomic mass is 10.0. The fourth-order valence-electron chi connectivity index (χ4n) is 1.77. The van der Waals surface area contributed by atoms with E-state index in [0.29, 0.717) is 0 Å². The van der Waals surface area contributed by atoms with Gasteiger partial charge in [0.05, 0.1) is 5.38 Å². The minimum Gasteiger partial charge on any atom is -0.207 e. The monoisotopic (exact) mass is 456 g/mol. The summed E-state index contributed by atoms with van der Waals surface area (Å²) in [6.45, 7) is 0. The summed E-state index contributed by atoms with van der Waals surface area (Å²) in [4.78, 5) is 0. The van der Waals surface area contributed by atoms with Crippen molar-refractivity contribution in [2.24, 2.45) is 0 Å². The summed E-state index contributed by atoms with van der Waals surface area (Å²) in [5, 5.41) is -0.490. The number of benzene rings is 2. The Balaban J connectivity index is 2.31. The van der Waals surface area contributed by atoms with Crippen molar-refractivity contribution in [3.05, 3.63) is 67.2 Å². The van der Waals surface area contributed by atoms with Gasteiger partial charge in [0, 0.05) is 13.6 Å². The normalized spacial score (nSPS) is 12.5. The van der Waals surface area contributed by atoms with Gasteiger partial charge in [0.1, 0.15) is 11.6 Å². The van der Waals surface area contributed by atoms with E-state index in [-0.39, 0.29) is 12.0 Å². The fraction of sp³-hybridized carbons (Fsp3) is 0.143. The zero-order chi connectivity index (χ0) is 14.0. The number of rotatable bonds is 3. The van der Waals surface area contributed by atoms with Crippen LogP contribution in [0.5, 0.6) is 0 Å². The molecular weight excluding hydrogens is 448 g/mol. The molecule has 2 aromatic carbocycles. The van der Waals surface area contributed by atoms with E-state index < -0.39 is 17.0 Å². The Labute approximate surface area is 137 Å². The molecule has 2 rings (SSSR count). The van der Waals surface area contributed by atoms with E-state index in [1.54, 1.807) is 0 Å². The van der Waals surface area contributed by atoms with Crippen molar-refractivity contribution in [3.8, 4) is 0 Å². The van der Waals surface area contributed by atoms with Gasteiger partial charge in [-0.3, -0.25) is 0 Å². The van der Waals surface area contributed by atoms with Gasteiger partial charge in [0.15, 0.2) is 0 Å². The lowest BCUT2D eigenvalue weighted by Crippen LogP contribution is -2.02. The molecule has 0 nitrogen and oxygen atoms in total. The summed E-state index contributed by atoms with van der Waals surface area (Å²) in [5.41, 5.74) is 0.851. The third kappa shape index (κ3) is 3.67. The van der Waals surface area contributed by atoms with Crippen LogP contribution >= 0.6 is 50.1 Å². The average Bonchev–Trinajstić information content (AvgIpc) is 2.37. The SMILES string of the molecule is Fc1cccc(F)c1CC(Cl)c1cc(I)ccc1Br. The minimum absolute atomic E-state index is 0.0215. The van der Waals surface area contributed by atoms with Crippen LogP contribution in [0.2, 0.25) is 0 Å². The molecule has 0 saturated heterocycles. The fourth-order valence-corrected chi connectivity index (χ4v) is 3.28. The number of alkyl halides is 1. The van der Waals surface area contributed by atoms with E-state index >= 15 is 0 Å². The third-order valence-corrected chi connectivity index (χ3v) is 4.52. The Morgan fingerprint density at radius 1 is 1.16 bits per heavy atom. The maximum Gasteiger partial charge on any atom is 0.129 e. The first-order chi connectivity index (χ1) is 8.99. The van der Waals surface area contributed by atoms with E-state index in [1.165, 1.54) is 18.2 Å². The number of halogens is 5. The number of hydrogen-bond donors (Lipinski definition) is 0. The van der Waals surface area contributed by atoms with E-state index in [9.17, 15) is 8.78 Å². The molecule has 100 valence electrons. The molecule has 2 aromatic rings. The quantitative estimate of drug-likeness (QED) is 0.400. The standard InChI is InChI=1S/C14H9BrClF2I/c15-11-5-4-8(19)6-9(11)12(16)7-10-13(17)2-1-3-14(10)18/h1-6,12H,7H2. The van der Waals surface area contributed by atoms with Gasteiger partial charge in [-0.05, 0) is 64.9 Å². The van der Waals surface area contributed by atoms with Crippen molar-refractivity contribution in [1.29, 1.82) is 0 Å². The van der Waals surface area contributed by atoms with Gasteiger partial charge >= 0.3 is 0 Å². The zero-order valence-corrected chi connectivity index (χ0v) is 14.1. The molecule has 0 bridgehead atoms. The summed E-state index contributed by atoms with van der Waals surface area (Å²) in [6, 6.07) is 9.54. The highest BCUT2D eigenvalue weighted by Gasteiger charge is 2.17. The van der Waals surface area contributed by atoms with Gasteiger partial charge < -0.3 is 0 Å². The molecule has 0 saturated carbocycles. The summed E-state index contributed by atoms with van der Waals surface area (Å²) < 4.78 is 29.1. The van der Waals surface area contributed by atoms with E-state index in [1.807, 2.05) is 18.2 Å². The summed E-state index contributed by atoms with van der Waals surface area (Å²) in [5.74, 6) is -1.13. The molecule has 19 heavy (non-hydrogen) atoms. The van der Waals surface area contributed by atoms with Crippen LogP contribution in [0.25, 0.3) is 0 Å². The molecule has 0 heterocycles. The molecule has 0 aliphatic rings. The molecule has 0 fully saturated rings. The average molecular weight is 457 g/mol. The Kier molecular flexibility index (Phi) is 5.20. The van der Waals surface area contributed by atoms with E-state index in [2.05, 4.69) is 38.5 Å². The summed E-state index contributed by atoms with van der Waals surface area (Å²) in [6.07, 6.45) is 0.110. The van der Waals surface area contributed by atoms with Gasteiger partial charge in [-0.15, -0.1) is 11.6 Å². The second-order valence-corrected chi connectivity index (χ2v) is 6.66. The van der Waals surface area contributed by atoms with E-state index in [4.69, 9.17) is 11.6 Å². The van der Waals surface area contributed by atoms with Crippen LogP contribution in [0.1, 0.15) is 16.5 Å². The van der Waals surface area contributed by atoms with Crippen molar-refractivity contribution < 1.29 is 8.78 Å². The van der Waals surface area contributed by atoms with Crippen molar-refractivity contribution in [3.63, 3.8) is 0 Å². The first-order valence-corrected chi connectivity index (χ1v) is 7.81. The van der Waals surface area contributed by atoms with Crippen LogP contribution < -0.4 is 0 Å². The van der Waals surface area contributed by atoms with Crippen LogP contribution in [0, 0.1) is 15.2 Å². The second kappa shape index (κ2) is 6.50. The van der Waals surface area contributed by atoms with E-state index in [0.717, 1.165) is 13.6 Å². The molecule has 0 radical (unpaired) electrons. The van der Waals surface area contributed by atoms with Crippen LogP contribution in [-0.2, 0) is 6.42 Å². The van der Waals surface area contributed by atoms with Gasteiger partial charge in [-0.1, -0.05) is 22.0 Å². The highest BCUT2D eigenvalue weighted by molar-refractivity contribution is 14.1. The van der Waals surface area contributed by atoms with Gasteiger partial charge in [-0.2, -0.15) is 0 Å². The maximum atomic E-state index is 13.6. The van der Waals surface area contributed by atoms with Gasteiger partial charge in [0.25, 0.3) is 0 Å². The predicted octanol–water partition coefficient (Wildman–Crippen LogP) is 5.85. The molecule has 0 aliphatic heterocycles.